The van der Waals surface area contributed by atoms with Crippen LogP contribution in [0, 0.1) is 17.8 Å². The summed E-state index contributed by atoms with van der Waals surface area (Å²) in [6.07, 6.45) is 4.73. The molecule has 1 saturated heterocycles. The van der Waals surface area contributed by atoms with Gasteiger partial charge in [-0.1, -0.05) is 35.0 Å². The second-order valence-electron chi connectivity index (χ2n) is 5.14. The summed E-state index contributed by atoms with van der Waals surface area (Å²) in [6, 6.07) is 7.30. The fourth-order valence-electron chi connectivity index (χ4n) is 2.99. The topological polar surface area (TPSA) is 37.4 Å². The number of fused-ring (bicyclic) bond motifs is 1. The van der Waals surface area contributed by atoms with Crippen molar-refractivity contribution in [3.8, 4) is 0 Å². The number of benzene rings is 1. The fourth-order valence-corrected chi connectivity index (χ4v) is 3.26. The van der Waals surface area contributed by atoms with Gasteiger partial charge in [0.1, 0.15) is 0 Å². The first-order valence-electron chi connectivity index (χ1n) is 6.39. The van der Waals surface area contributed by atoms with Gasteiger partial charge in [-0.3, -0.25) is 14.5 Å². The van der Waals surface area contributed by atoms with Gasteiger partial charge in [0, 0.05) is 4.47 Å². The Morgan fingerprint density at radius 2 is 1.84 bits per heavy atom. The third kappa shape index (κ3) is 1.94. The van der Waals surface area contributed by atoms with Crippen LogP contribution >= 0.6 is 15.9 Å². The van der Waals surface area contributed by atoms with Crippen LogP contribution in [0.15, 0.2) is 40.9 Å². The molecule has 4 heteroatoms. The Balaban J connectivity index is 1.98. The van der Waals surface area contributed by atoms with Crippen LogP contribution in [0.2, 0.25) is 0 Å². The monoisotopic (exact) mass is 319 g/mol. The van der Waals surface area contributed by atoms with Crippen molar-refractivity contribution in [3.63, 3.8) is 0 Å². The normalized spacial score (nSPS) is 29.8. The molecular weight excluding hydrogens is 306 g/mol. The number of rotatable bonds is 1. The minimum atomic E-state index is -0.193. The van der Waals surface area contributed by atoms with Crippen molar-refractivity contribution in [2.24, 2.45) is 17.8 Å². The fraction of sp³-hybridized carbons (Fsp3) is 0.333. The quantitative estimate of drug-likeness (QED) is 0.589. The first-order chi connectivity index (χ1) is 9.09. The largest absolute Gasteiger partial charge is 0.274 e. The molecule has 0 radical (unpaired) electrons. The number of anilines is 1. The number of hydrogen-bond acceptors (Lipinski definition) is 2. The lowest BCUT2D eigenvalue weighted by Crippen LogP contribution is -2.31. The van der Waals surface area contributed by atoms with E-state index in [1.807, 2.05) is 31.2 Å². The molecule has 0 bridgehead atoms. The van der Waals surface area contributed by atoms with Gasteiger partial charge in [-0.15, -0.1) is 0 Å². The highest BCUT2D eigenvalue weighted by Crippen LogP contribution is 2.40. The van der Waals surface area contributed by atoms with Gasteiger partial charge in [-0.2, -0.15) is 0 Å². The number of hydrogen-bond donors (Lipinski definition) is 0. The second kappa shape index (κ2) is 4.60. The molecule has 1 aromatic carbocycles. The summed E-state index contributed by atoms with van der Waals surface area (Å²) >= 11 is 3.36. The molecule has 1 aromatic rings. The van der Waals surface area contributed by atoms with Crippen LogP contribution in [0.5, 0.6) is 0 Å². The average Bonchev–Trinajstić information content (AvgIpc) is 2.65. The molecule has 1 aliphatic carbocycles. The van der Waals surface area contributed by atoms with E-state index in [0.29, 0.717) is 12.1 Å². The minimum Gasteiger partial charge on any atom is -0.274 e. The standard InChI is InChI=1S/C15H14BrNO2/c1-9-3-2-4-12-13(9)15(19)17(14(12)18)11-7-5-10(16)6-8-11/h2-3,5-9,12-13H,4H2,1H3. The Bertz CT molecular complexity index is 564. The van der Waals surface area contributed by atoms with E-state index >= 15 is 0 Å². The summed E-state index contributed by atoms with van der Waals surface area (Å²) in [7, 11) is 0. The predicted octanol–water partition coefficient (Wildman–Crippen LogP) is 3.15. The zero-order chi connectivity index (χ0) is 13.6. The molecule has 19 heavy (non-hydrogen) atoms. The lowest BCUT2D eigenvalue weighted by molar-refractivity contribution is -0.122. The highest BCUT2D eigenvalue weighted by atomic mass is 79.9. The molecule has 2 amide bonds. The Kier molecular flexibility index (Phi) is 3.05. The van der Waals surface area contributed by atoms with Crippen molar-refractivity contribution in [1.82, 2.24) is 0 Å². The van der Waals surface area contributed by atoms with E-state index in [2.05, 4.69) is 15.9 Å². The summed E-state index contributed by atoms with van der Waals surface area (Å²) in [5, 5.41) is 0. The van der Waals surface area contributed by atoms with Crippen molar-refractivity contribution < 1.29 is 9.59 Å². The molecule has 0 N–H and O–H groups in total. The molecule has 1 aliphatic heterocycles. The van der Waals surface area contributed by atoms with Crippen molar-refractivity contribution in [3.05, 3.63) is 40.9 Å². The van der Waals surface area contributed by atoms with Crippen LogP contribution in [0.25, 0.3) is 0 Å². The van der Waals surface area contributed by atoms with Crippen molar-refractivity contribution >= 4 is 33.4 Å². The van der Waals surface area contributed by atoms with Gasteiger partial charge >= 0.3 is 0 Å². The molecule has 98 valence electrons. The first-order valence-corrected chi connectivity index (χ1v) is 7.19. The minimum absolute atomic E-state index is 0.0610. The van der Waals surface area contributed by atoms with Gasteiger partial charge in [-0.05, 0) is 36.6 Å². The van der Waals surface area contributed by atoms with Gasteiger partial charge in [0.05, 0.1) is 17.5 Å². The van der Waals surface area contributed by atoms with E-state index < -0.39 is 0 Å². The maximum atomic E-state index is 12.5. The number of carbonyl (C=O) groups excluding carboxylic acids is 2. The van der Waals surface area contributed by atoms with E-state index in [9.17, 15) is 9.59 Å². The molecule has 2 aliphatic rings. The smallest absolute Gasteiger partial charge is 0.238 e. The third-order valence-corrected chi connectivity index (χ3v) is 4.49. The lowest BCUT2D eigenvalue weighted by atomic mass is 9.78. The number of nitrogens with zero attached hydrogens (tertiary/aromatic N) is 1. The zero-order valence-corrected chi connectivity index (χ0v) is 12.1. The third-order valence-electron chi connectivity index (χ3n) is 3.96. The second-order valence-corrected chi connectivity index (χ2v) is 6.06. The van der Waals surface area contributed by atoms with Crippen molar-refractivity contribution in [1.29, 1.82) is 0 Å². The van der Waals surface area contributed by atoms with Crippen LogP contribution in [-0.2, 0) is 9.59 Å². The molecular formula is C15H14BrNO2. The van der Waals surface area contributed by atoms with E-state index in [4.69, 9.17) is 0 Å². The molecule has 3 unspecified atom stereocenters. The van der Waals surface area contributed by atoms with Gasteiger partial charge in [0.15, 0.2) is 0 Å². The highest BCUT2D eigenvalue weighted by Gasteiger charge is 2.50. The van der Waals surface area contributed by atoms with E-state index in [1.165, 1.54) is 4.90 Å². The maximum absolute atomic E-state index is 12.5. The maximum Gasteiger partial charge on any atom is 0.238 e. The van der Waals surface area contributed by atoms with E-state index in [0.717, 1.165) is 4.47 Å². The Hall–Kier alpha value is -1.42. The number of amides is 2. The van der Waals surface area contributed by atoms with E-state index in [-0.39, 0.29) is 29.6 Å². The van der Waals surface area contributed by atoms with E-state index in [1.54, 1.807) is 12.1 Å². The van der Waals surface area contributed by atoms with Crippen LogP contribution < -0.4 is 4.90 Å². The zero-order valence-electron chi connectivity index (χ0n) is 10.5. The number of allylic oxidation sites excluding steroid dienone is 2. The summed E-state index contributed by atoms with van der Waals surface area (Å²) in [5.74, 6) is -0.365. The Labute approximate surface area is 120 Å². The van der Waals surface area contributed by atoms with Gasteiger partial charge in [-0.25, -0.2) is 0 Å². The van der Waals surface area contributed by atoms with Crippen molar-refractivity contribution in [2.45, 2.75) is 13.3 Å². The molecule has 3 nitrogen and oxygen atoms in total. The van der Waals surface area contributed by atoms with Crippen LogP contribution in [0.4, 0.5) is 5.69 Å². The van der Waals surface area contributed by atoms with Crippen LogP contribution in [0.1, 0.15) is 13.3 Å². The Morgan fingerprint density at radius 3 is 2.47 bits per heavy atom. The van der Waals surface area contributed by atoms with Crippen LogP contribution in [0.3, 0.4) is 0 Å². The molecule has 3 atom stereocenters. The number of imide groups is 1. The Morgan fingerprint density at radius 1 is 1.16 bits per heavy atom. The summed E-state index contributed by atoms with van der Waals surface area (Å²) in [4.78, 5) is 26.3. The molecule has 3 rings (SSSR count). The summed E-state index contributed by atoms with van der Waals surface area (Å²) in [5.41, 5.74) is 0.666. The van der Waals surface area contributed by atoms with Gasteiger partial charge in [0.2, 0.25) is 11.8 Å². The lowest BCUT2D eigenvalue weighted by Gasteiger charge is -2.22. The number of carbonyl (C=O) groups is 2. The van der Waals surface area contributed by atoms with Crippen LogP contribution in [-0.4, -0.2) is 11.8 Å². The molecule has 0 aromatic heterocycles. The van der Waals surface area contributed by atoms with Gasteiger partial charge in [0.25, 0.3) is 0 Å². The first kappa shape index (κ1) is 12.6. The molecule has 1 heterocycles. The molecule has 0 saturated carbocycles. The summed E-state index contributed by atoms with van der Waals surface area (Å²) in [6.45, 7) is 2.00. The number of halogens is 1. The van der Waals surface area contributed by atoms with Gasteiger partial charge < -0.3 is 0 Å². The SMILES string of the molecule is CC1C=CCC2C(=O)N(c3ccc(Br)cc3)C(=O)C12. The molecule has 0 spiro atoms. The summed E-state index contributed by atoms with van der Waals surface area (Å²) < 4.78 is 0.933. The predicted molar refractivity (Wildman–Crippen MR) is 76.5 cm³/mol. The molecule has 1 fully saturated rings. The van der Waals surface area contributed by atoms with Crippen molar-refractivity contribution in [2.75, 3.05) is 4.90 Å². The average molecular weight is 320 g/mol. The highest BCUT2D eigenvalue weighted by molar-refractivity contribution is 9.10.